The summed E-state index contributed by atoms with van der Waals surface area (Å²) in [7, 11) is 0. The van der Waals surface area contributed by atoms with Gasteiger partial charge >= 0.3 is 6.09 Å². The van der Waals surface area contributed by atoms with E-state index in [0.29, 0.717) is 12.2 Å². The summed E-state index contributed by atoms with van der Waals surface area (Å²) >= 11 is 0. The molecule has 0 aliphatic heterocycles. The van der Waals surface area contributed by atoms with Crippen molar-refractivity contribution in [2.24, 2.45) is 0 Å². The molecule has 98 valence electrons. The first kappa shape index (κ1) is 13.9. The second-order valence-corrected chi connectivity index (χ2v) is 4.68. The van der Waals surface area contributed by atoms with Crippen molar-refractivity contribution in [2.45, 2.75) is 32.9 Å². The molecule has 3 N–H and O–H groups in total. The van der Waals surface area contributed by atoms with E-state index in [-0.39, 0.29) is 6.54 Å². The second-order valence-electron chi connectivity index (χ2n) is 4.68. The first-order chi connectivity index (χ1) is 8.37. The van der Waals surface area contributed by atoms with Crippen molar-refractivity contribution in [3.63, 3.8) is 0 Å². The number of nitrogens with zero attached hydrogens (tertiary/aromatic N) is 2. The van der Waals surface area contributed by atoms with Crippen LogP contribution < -0.4 is 11.1 Å². The number of alkyl carbamates (subject to hydrolysis) is 1. The minimum Gasteiger partial charge on any atom is -0.444 e. The smallest absolute Gasteiger partial charge is 0.408 e. The largest absolute Gasteiger partial charge is 0.444 e. The van der Waals surface area contributed by atoms with Gasteiger partial charge in [0, 0.05) is 6.20 Å². The van der Waals surface area contributed by atoms with Crippen molar-refractivity contribution < 1.29 is 9.53 Å². The molecule has 0 radical (unpaired) electrons. The van der Waals surface area contributed by atoms with Crippen LogP contribution in [-0.2, 0) is 11.3 Å². The number of carbonyl (C=O) groups is 1. The predicted octanol–water partition coefficient (Wildman–Crippen LogP) is 0.993. The van der Waals surface area contributed by atoms with E-state index in [1.165, 1.54) is 0 Å². The number of carbonyl (C=O) groups excluding carboxylic acids is 1. The summed E-state index contributed by atoms with van der Waals surface area (Å²) in [5.74, 6) is 5.65. The predicted molar refractivity (Wildman–Crippen MR) is 68.7 cm³/mol. The van der Waals surface area contributed by atoms with Crippen molar-refractivity contribution in [3.05, 3.63) is 12.4 Å². The minimum atomic E-state index is -0.496. The molecule has 6 nitrogen and oxygen atoms in total. The molecular formula is C12H18N4O2. The number of nitrogens with two attached hydrogens (primary N) is 1. The molecule has 0 spiro atoms. The van der Waals surface area contributed by atoms with E-state index in [1.807, 2.05) is 0 Å². The number of nitrogen functional groups attached to an aromatic ring is 1. The summed E-state index contributed by atoms with van der Waals surface area (Å²) in [6, 6.07) is 0. The molecule has 0 saturated carbocycles. The molecular weight excluding hydrogens is 232 g/mol. The van der Waals surface area contributed by atoms with E-state index in [1.54, 1.807) is 37.8 Å². The Morgan fingerprint density at radius 3 is 2.83 bits per heavy atom. The van der Waals surface area contributed by atoms with E-state index in [4.69, 9.17) is 10.5 Å². The number of ether oxygens (including phenoxy) is 1. The van der Waals surface area contributed by atoms with Crippen LogP contribution in [0.2, 0.25) is 0 Å². The van der Waals surface area contributed by atoms with Gasteiger partial charge in [0.25, 0.3) is 0 Å². The zero-order valence-corrected chi connectivity index (χ0v) is 10.9. The van der Waals surface area contributed by atoms with Gasteiger partial charge in [-0.15, -0.1) is 0 Å². The van der Waals surface area contributed by atoms with E-state index < -0.39 is 11.7 Å². The molecule has 1 amide bonds. The number of anilines is 1. The number of nitrogens with one attached hydrogen (secondary N) is 1. The lowest BCUT2D eigenvalue weighted by Crippen LogP contribution is -2.32. The molecule has 1 aromatic heterocycles. The average Bonchev–Trinajstić information content (AvgIpc) is 2.61. The van der Waals surface area contributed by atoms with Crippen LogP contribution in [0.5, 0.6) is 0 Å². The maximum absolute atomic E-state index is 11.3. The summed E-state index contributed by atoms with van der Waals surface area (Å²) in [6.07, 6.45) is 2.77. The van der Waals surface area contributed by atoms with E-state index in [2.05, 4.69) is 22.3 Å². The first-order valence-electron chi connectivity index (χ1n) is 5.57. The van der Waals surface area contributed by atoms with Gasteiger partial charge in [-0.3, -0.25) is 4.68 Å². The van der Waals surface area contributed by atoms with Crippen molar-refractivity contribution >= 4 is 11.8 Å². The van der Waals surface area contributed by atoms with Crippen LogP contribution in [0, 0.1) is 11.8 Å². The number of rotatable bonds is 2. The fourth-order valence-electron chi connectivity index (χ4n) is 1.10. The van der Waals surface area contributed by atoms with Crippen molar-refractivity contribution in [2.75, 3.05) is 12.3 Å². The second kappa shape index (κ2) is 5.96. The molecule has 18 heavy (non-hydrogen) atoms. The van der Waals surface area contributed by atoms with E-state index in [9.17, 15) is 4.79 Å². The molecule has 0 aliphatic rings. The van der Waals surface area contributed by atoms with Crippen LogP contribution in [0.25, 0.3) is 0 Å². The van der Waals surface area contributed by atoms with Gasteiger partial charge in [-0.1, -0.05) is 11.8 Å². The average molecular weight is 250 g/mol. The van der Waals surface area contributed by atoms with Crippen LogP contribution in [0.15, 0.2) is 12.4 Å². The standard InChI is InChI=1S/C12H18N4O2/c1-12(2,3)18-11(17)14-6-4-5-7-16-9-10(13)8-15-16/h8-9H,6-7,13H2,1-3H3,(H,14,17). The normalized spacial score (nSPS) is 10.4. The molecule has 1 heterocycles. The monoisotopic (exact) mass is 250 g/mol. The third-order valence-electron chi connectivity index (χ3n) is 1.74. The molecule has 6 heteroatoms. The lowest BCUT2D eigenvalue weighted by atomic mass is 10.2. The molecule has 1 aromatic rings. The van der Waals surface area contributed by atoms with Crippen LogP contribution in [0.4, 0.5) is 10.5 Å². The number of hydrogen-bond acceptors (Lipinski definition) is 4. The zero-order valence-electron chi connectivity index (χ0n) is 10.9. The molecule has 1 rings (SSSR count). The summed E-state index contributed by atoms with van der Waals surface area (Å²) in [6.45, 7) is 6.10. The van der Waals surface area contributed by atoms with Crippen molar-refractivity contribution in [3.8, 4) is 11.8 Å². The van der Waals surface area contributed by atoms with Crippen LogP contribution in [0.1, 0.15) is 20.8 Å². The molecule has 0 unspecified atom stereocenters. The van der Waals surface area contributed by atoms with Gasteiger partial charge in [-0.05, 0) is 20.8 Å². The highest BCUT2D eigenvalue weighted by atomic mass is 16.6. The number of amides is 1. The van der Waals surface area contributed by atoms with Gasteiger partial charge in [-0.25, -0.2) is 4.79 Å². The highest BCUT2D eigenvalue weighted by Gasteiger charge is 2.14. The quantitative estimate of drug-likeness (QED) is 0.767. The molecule has 0 aliphatic carbocycles. The fourth-order valence-corrected chi connectivity index (χ4v) is 1.10. The highest BCUT2D eigenvalue weighted by molar-refractivity contribution is 5.67. The van der Waals surface area contributed by atoms with Gasteiger partial charge in [-0.2, -0.15) is 5.10 Å². The highest BCUT2D eigenvalue weighted by Crippen LogP contribution is 2.05. The first-order valence-corrected chi connectivity index (χ1v) is 5.57. The Hall–Kier alpha value is -2.16. The summed E-state index contributed by atoms with van der Waals surface area (Å²) in [5, 5.41) is 6.52. The summed E-state index contributed by atoms with van der Waals surface area (Å²) in [4.78, 5) is 11.3. The maximum Gasteiger partial charge on any atom is 0.408 e. The molecule has 0 fully saturated rings. The third-order valence-corrected chi connectivity index (χ3v) is 1.74. The lowest BCUT2D eigenvalue weighted by molar-refractivity contribution is 0.0535. The maximum atomic E-state index is 11.3. The van der Waals surface area contributed by atoms with Gasteiger partial charge in [0.2, 0.25) is 0 Å². The van der Waals surface area contributed by atoms with Crippen LogP contribution in [-0.4, -0.2) is 28.0 Å². The Morgan fingerprint density at radius 1 is 1.56 bits per heavy atom. The Labute approximate surface area is 106 Å². The lowest BCUT2D eigenvalue weighted by Gasteiger charge is -2.18. The Kier molecular flexibility index (Phi) is 4.60. The van der Waals surface area contributed by atoms with Crippen LogP contribution >= 0.6 is 0 Å². The minimum absolute atomic E-state index is 0.242. The topological polar surface area (TPSA) is 82.2 Å². The fraction of sp³-hybridized carbons (Fsp3) is 0.500. The van der Waals surface area contributed by atoms with Gasteiger partial charge in [0.05, 0.1) is 18.4 Å². The van der Waals surface area contributed by atoms with Crippen molar-refractivity contribution in [1.82, 2.24) is 15.1 Å². The Morgan fingerprint density at radius 2 is 2.28 bits per heavy atom. The molecule has 0 saturated heterocycles. The number of aromatic nitrogens is 2. The molecule has 0 bridgehead atoms. The summed E-state index contributed by atoms with van der Waals surface area (Å²) < 4.78 is 6.67. The number of hydrogen-bond donors (Lipinski definition) is 2. The summed E-state index contributed by atoms with van der Waals surface area (Å²) in [5.41, 5.74) is 5.61. The van der Waals surface area contributed by atoms with Crippen molar-refractivity contribution in [1.29, 1.82) is 0 Å². The van der Waals surface area contributed by atoms with Gasteiger partial charge in [0.15, 0.2) is 0 Å². The molecule has 0 aromatic carbocycles. The van der Waals surface area contributed by atoms with Gasteiger partial charge < -0.3 is 15.8 Å². The zero-order chi connectivity index (χ0) is 13.6. The van der Waals surface area contributed by atoms with Crippen LogP contribution in [0.3, 0.4) is 0 Å². The van der Waals surface area contributed by atoms with Gasteiger partial charge in [0.1, 0.15) is 12.1 Å². The SMILES string of the molecule is CC(C)(C)OC(=O)NCC#CCn1cc(N)cn1. The van der Waals surface area contributed by atoms with E-state index in [0.717, 1.165) is 0 Å². The third kappa shape index (κ3) is 5.80. The Balaban J connectivity index is 2.24. The van der Waals surface area contributed by atoms with E-state index >= 15 is 0 Å². The Bertz CT molecular complexity index is 462. The molecule has 0 atom stereocenters.